The van der Waals surface area contributed by atoms with Gasteiger partial charge in [-0.25, -0.2) is 8.42 Å². The molecule has 0 aromatic heterocycles. The summed E-state index contributed by atoms with van der Waals surface area (Å²) in [6.45, 7) is 3.91. The molecule has 216 valence electrons. The van der Waals surface area contributed by atoms with Crippen molar-refractivity contribution in [1.82, 2.24) is 19.4 Å². The van der Waals surface area contributed by atoms with Crippen molar-refractivity contribution < 1.29 is 27.5 Å². The Balaban J connectivity index is 1.02. The van der Waals surface area contributed by atoms with E-state index in [4.69, 9.17) is 21.1 Å². The van der Waals surface area contributed by atoms with Crippen molar-refractivity contribution in [2.24, 2.45) is 0 Å². The van der Waals surface area contributed by atoms with Crippen molar-refractivity contribution in [3.8, 4) is 11.5 Å². The molecule has 12 heteroatoms. The van der Waals surface area contributed by atoms with Crippen molar-refractivity contribution in [3.05, 3.63) is 65.2 Å². The van der Waals surface area contributed by atoms with Crippen LogP contribution in [0.3, 0.4) is 0 Å². The third-order valence-corrected chi connectivity index (χ3v) is 9.51. The fourth-order valence-corrected chi connectivity index (χ4v) is 6.98. The standard InChI is InChI=1S/C29H31ClN4O6S/c30-23-6-4-22-16-24(7-5-21(22)15-23)41(37,38)31-25-2-1-9-34(29(25)36)18-28(35)33-12-10-32(11-13-33)17-20-3-8-26-27(14-20)40-19-39-26/h3-8,14-16,25,31H,1-2,9-13,17-19H2. The van der Waals surface area contributed by atoms with Crippen molar-refractivity contribution in [1.29, 1.82) is 0 Å². The summed E-state index contributed by atoms with van der Waals surface area (Å²) in [4.78, 5) is 31.9. The van der Waals surface area contributed by atoms with Gasteiger partial charge in [0.2, 0.25) is 28.6 Å². The summed E-state index contributed by atoms with van der Waals surface area (Å²) in [6.07, 6.45) is 0.982. The van der Waals surface area contributed by atoms with Gasteiger partial charge in [-0.3, -0.25) is 14.5 Å². The van der Waals surface area contributed by atoms with E-state index in [9.17, 15) is 18.0 Å². The van der Waals surface area contributed by atoms with Crippen LogP contribution in [0.2, 0.25) is 5.02 Å². The Kier molecular flexibility index (Phi) is 7.78. The Bertz CT molecular complexity index is 1590. The molecule has 2 fully saturated rings. The number of likely N-dealkylation sites (tertiary alicyclic amines) is 1. The number of halogens is 1. The molecule has 3 aliphatic rings. The summed E-state index contributed by atoms with van der Waals surface area (Å²) in [5.41, 5.74) is 1.12. The summed E-state index contributed by atoms with van der Waals surface area (Å²) >= 11 is 6.03. The number of amides is 2. The zero-order valence-electron chi connectivity index (χ0n) is 22.4. The molecule has 1 N–H and O–H groups in total. The molecule has 1 unspecified atom stereocenters. The van der Waals surface area contributed by atoms with E-state index in [0.717, 1.165) is 34.4 Å². The number of carbonyl (C=O) groups excluding carboxylic acids is 2. The number of nitrogens with zero attached hydrogens (tertiary/aromatic N) is 3. The van der Waals surface area contributed by atoms with E-state index in [2.05, 4.69) is 9.62 Å². The van der Waals surface area contributed by atoms with Crippen molar-refractivity contribution >= 4 is 44.2 Å². The molecule has 2 saturated heterocycles. The molecule has 0 radical (unpaired) electrons. The van der Waals surface area contributed by atoms with Crippen molar-refractivity contribution in [3.63, 3.8) is 0 Å². The van der Waals surface area contributed by atoms with E-state index in [-0.39, 0.29) is 30.0 Å². The molecular weight excluding hydrogens is 568 g/mol. The zero-order valence-corrected chi connectivity index (χ0v) is 24.0. The average Bonchev–Trinajstić information content (AvgIpc) is 3.43. The van der Waals surface area contributed by atoms with Crippen LogP contribution in [0.1, 0.15) is 18.4 Å². The molecule has 0 aliphatic carbocycles. The Morgan fingerprint density at radius 3 is 2.51 bits per heavy atom. The topological polar surface area (TPSA) is 108 Å². The van der Waals surface area contributed by atoms with E-state index in [1.54, 1.807) is 35.2 Å². The lowest BCUT2D eigenvalue weighted by molar-refractivity contribution is -0.144. The molecule has 6 rings (SSSR count). The first kappa shape index (κ1) is 27.8. The lowest BCUT2D eigenvalue weighted by atomic mass is 10.1. The predicted molar refractivity (Wildman–Crippen MR) is 153 cm³/mol. The van der Waals surface area contributed by atoms with E-state index in [1.807, 2.05) is 18.2 Å². The number of piperidine rings is 1. The van der Waals surface area contributed by atoms with Gasteiger partial charge < -0.3 is 19.3 Å². The summed E-state index contributed by atoms with van der Waals surface area (Å²) in [5.74, 6) is 1.01. The highest BCUT2D eigenvalue weighted by Crippen LogP contribution is 2.33. The van der Waals surface area contributed by atoms with E-state index in [0.29, 0.717) is 50.6 Å². The average molecular weight is 599 g/mol. The molecule has 3 aromatic rings. The van der Waals surface area contributed by atoms with Gasteiger partial charge in [0.05, 0.1) is 11.4 Å². The van der Waals surface area contributed by atoms with Crippen molar-refractivity contribution in [2.45, 2.75) is 30.3 Å². The quantitative estimate of drug-likeness (QED) is 0.445. The fraction of sp³-hybridized carbons (Fsp3) is 0.379. The predicted octanol–water partition coefficient (Wildman–Crippen LogP) is 2.84. The highest BCUT2D eigenvalue weighted by molar-refractivity contribution is 7.89. The zero-order chi connectivity index (χ0) is 28.6. The minimum Gasteiger partial charge on any atom is -0.454 e. The second-order valence-corrected chi connectivity index (χ2v) is 12.7. The van der Waals surface area contributed by atoms with Gasteiger partial charge in [0.15, 0.2) is 11.5 Å². The maximum atomic E-state index is 13.2. The third kappa shape index (κ3) is 6.13. The third-order valence-electron chi connectivity index (χ3n) is 7.81. The fourth-order valence-electron chi connectivity index (χ4n) is 5.54. The monoisotopic (exact) mass is 598 g/mol. The van der Waals surface area contributed by atoms with Crippen LogP contribution in [0, 0.1) is 0 Å². The van der Waals surface area contributed by atoms with Crippen LogP contribution in [0.15, 0.2) is 59.5 Å². The molecule has 2 amide bonds. The first-order chi connectivity index (χ1) is 19.7. The maximum Gasteiger partial charge on any atom is 0.242 e. The van der Waals surface area contributed by atoms with Gasteiger partial charge in [-0.2, -0.15) is 4.72 Å². The normalized spacial score (nSPS) is 19.6. The lowest BCUT2D eigenvalue weighted by Gasteiger charge is -2.37. The number of carbonyl (C=O) groups is 2. The number of sulfonamides is 1. The minimum atomic E-state index is -3.95. The summed E-state index contributed by atoms with van der Waals surface area (Å²) in [6, 6.07) is 15.0. The lowest BCUT2D eigenvalue weighted by Crippen LogP contribution is -2.56. The molecule has 3 aliphatic heterocycles. The van der Waals surface area contributed by atoms with Gasteiger partial charge in [0, 0.05) is 44.3 Å². The summed E-state index contributed by atoms with van der Waals surface area (Å²) in [5, 5.41) is 2.12. The molecule has 1 atom stereocenters. The first-order valence-electron chi connectivity index (χ1n) is 13.6. The second-order valence-electron chi connectivity index (χ2n) is 10.6. The number of benzene rings is 3. The molecule has 3 heterocycles. The van der Waals surface area contributed by atoms with Crippen LogP contribution >= 0.6 is 11.6 Å². The molecule has 0 bridgehead atoms. The molecule has 41 heavy (non-hydrogen) atoms. The highest BCUT2D eigenvalue weighted by Gasteiger charge is 2.34. The van der Waals surface area contributed by atoms with Crippen LogP contribution < -0.4 is 14.2 Å². The first-order valence-corrected chi connectivity index (χ1v) is 15.5. The molecule has 0 saturated carbocycles. The van der Waals surface area contributed by atoms with E-state index in [1.165, 1.54) is 11.0 Å². The number of ether oxygens (including phenoxy) is 2. The van der Waals surface area contributed by atoms with Gasteiger partial charge in [-0.15, -0.1) is 0 Å². The van der Waals surface area contributed by atoms with E-state index < -0.39 is 16.1 Å². The van der Waals surface area contributed by atoms with Gasteiger partial charge in [0.25, 0.3) is 0 Å². The van der Waals surface area contributed by atoms with Crippen LogP contribution in [0.25, 0.3) is 10.8 Å². The number of nitrogens with one attached hydrogen (secondary N) is 1. The van der Waals surface area contributed by atoms with Gasteiger partial charge in [-0.1, -0.05) is 29.8 Å². The van der Waals surface area contributed by atoms with Crippen LogP contribution in [-0.4, -0.2) is 87.0 Å². The Labute approximate surface area is 243 Å². The largest absolute Gasteiger partial charge is 0.454 e. The van der Waals surface area contributed by atoms with Crippen LogP contribution in [-0.2, 0) is 26.2 Å². The Morgan fingerprint density at radius 2 is 1.68 bits per heavy atom. The molecule has 0 spiro atoms. The summed E-state index contributed by atoms with van der Waals surface area (Å²) in [7, 11) is -3.95. The van der Waals surface area contributed by atoms with Crippen LogP contribution in [0.4, 0.5) is 0 Å². The second kappa shape index (κ2) is 11.5. The number of hydrogen-bond acceptors (Lipinski definition) is 7. The van der Waals surface area contributed by atoms with Gasteiger partial charge >= 0.3 is 0 Å². The number of piperazine rings is 1. The molecule has 10 nitrogen and oxygen atoms in total. The number of hydrogen-bond donors (Lipinski definition) is 1. The van der Waals surface area contributed by atoms with Crippen LogP contribution in [0.5, 0.6) is 11.5 Å². The van der Waals surface area contributed by atoms with Gasteiger partial charge in [-0.05, 0) is 65.6 Å². The number of rotatable bonds is 7. The highest BCUT2D eigenvalue weighted by atomic mass is 35.5. The Morgan fingerprint density at radius 1 is 0.927 bits per heavy atom. The molecular formula is C29H31ClN4O6S. The molecule has 3 aromatic carbocycles. The summed E-state index contributed by atoms with van der Waals surface area (Å²) < 4.78 is 39.7. The Hall–Kier alpha value is -3.38. The number of fused-ring (bicyclic) bond motifs is 2. The van der Waals surface area contributed by atoms with Crippen molar-refractivity contribution in [2.75, 3.05) is 46.1 Å². The smallest absolute Gasteiger partial charge is 0.242 e. The van der Waals surface area contributed by atoms with Gasteiger partial charge in [0.1, 0.15) is 6.04 Å². The minimum absolute atomic E-state index is 0.0596. The maximum absolute atomic E-state index is 13.2. The SMILES string of the molecule is O=C(CN1CCCC(NS(=O)(=O)c2ccc3cc(Cl)ccc3c2)C1=O)N1CCN(Cc2ccc3c(c2)OCO3)CC1. The van der Waals surface area contributed by atoms with E-state index >= 15 is 0 Å².